The Kier molecular flexibility index (Phi) is 3.79. The largest absolute Gasteiger partial charge is 0.259 e. The molecular formula is C6H9NO2S. The van der Waals surface area contributed by atoms with Crippen molar-refractivity contribution < 1.29 is 4.92 Å². The van der Waals surface area contributed by atoms with Crippen LogP contribution in [0.4, 0.5) is 0 Å². The fourth-order valence-corrected chi connectivity index (χ4v) is 0.565. The third-order valence-electron chi connectivity index (χ3n) is 1.11. The first-order chi connectivity index (χ1) is 4.57. The number of rotatable bonds is 2. The molecule has 3 nitrogen and oxygen atoms in total. The van der Waals surface area contributed by atoms with Gasteiger partial charge in [0.05, 0.1) is 4.92 Å². The zero-order chi connectivity index (χ0) is 8.15. The van der Waals surface area contributed by atoms with E-state index in [1.54, 1.807) is 13.8 Å². The van der Waals surface area contributed by atoms with E-state index >= 15 is 0 Å². The summed E-state index contributed by atoms with van der Waals surface area (Å²) in [5.74, 6) is 0. The van der Waals surface area contributed by atoms with E-state index in [2.05, 4.69) is 12.6 Å². The van der Waals surface area contributed by atoms with Gasteiger partial charge in [-0.15, -0.1) is 0 Å². The Morgan fingerprint density at radius 3 is 2.30 bits per heavy atom. The molecule has 0 aromatic rings. The van der Waals surface area contributed by atoms with Crippen LogP contribution in [0.25, 0.3) is 0 Å². The van der Waals surface area contributed by atoms with Gasteiger partial charge in [-0.2, -0.15) is 12.6 Å². The Balaban J connectivity index is 4.35. The molecule has 0 bridgehead atoms. The molecule has 0 atom stereocenters. The molecule has 0 aromatic carbocycles. The van der Waals surface area contributed by atoms with Crippen molar-refractivity contribution in [3.63, 3.8) is 0 Å². The maximum absolute atomic E-state index is 9.91. The van der Waals surface area contributed by atoms with E-state index < -0.39 is 4.92 Å². The molecule has 4 heteroatoms. The average molecular weight is 159 g/mol. The van der Waals surface area contributed by atoms with Gasteiger partial charge in [-0.1, -0.05) is 0 Å². The molecule has 0 spiro atoms. The van der Waals surface area contributed by atoms with Gasteiger partial charge in [0.1, 0.15) is 0 Å². The molecule has 0 aliphatic carbocycles. The summed E-state index contributed by atoms with van der Waals surface area (Å²) in [6.45, 7) is 3.44. The van der Waals surface area contributed by atoms with E-state index in [9.17, 15) is 10.1 Å². The molecule has 0 unspecified atom stereocenters. The second kappa shape index (κ2) is 4.11. The maximum atomic E-state index is 9.91. The van der Waals surface area contributed by atoms with E-state index in [0.29, 0.717) is 5.57 Å². The molecular weight excluding hydrogens is 150 g/mol. The SMILES string of the molecule is CC(=CS)C(C)=C[N+](=O)[O-]. The van der Waals surface area contributed by atoms with Crippen LogP contribution < -0.4 is 0 Å². The monoisotopic (exact) mass is 159 g/mol. The summed E-state index contributed by atoms with van der Waals surface area (Å²) >= 11 is 3.85. The molecule has 56 valence electrons. The first-order valence-corrected chi connectivity index (χ1v) is 3.23. The third-order valence-corrected chi connectivity index (χ3v) is 1.50. The standard InChI is InChI=1S/C6H9NO2S/c1-5(3-7(8)9)6(2)4-10/h3-4,10H,1-2H3. The Hall–Kier alpha value is -0.770. The quantitative estimate of drug-likeness (QED) is 0.290. The summed E-state index contributed by atoms with van der Waals surface area (Å²) in [5.41, 5.74) is 1.43. The van der Waals surface area contributed by atoms with Crippen molar-refractivity contribution in [2.24, 2.45) is 0 Å². The minimum atomic E-state index is -0.476. The van der Waals surface area contributed by atoms with E-state index in [4.69, 9.17) is 0 Å². The molecule has 0 radical (unpaired) electrons. The van der Waals surface area contributed by atoms with Crippen LogP contribution in [-0.2, 0) is 0 Å². The lowest BCUT2D eigenvalue weighted by Gasteiger charge is -1.92. The van der Waals surface area contributed by atoms with E-state index in [0.717, 1.165) is 11.8 Å². The molecule has 0 rings (SSSR count). The normalized spacial score (nSPS) is 13.5. The molecule has 10 heavy (non-hydrogen) atoms. The van der Waals surface area contributed by atoms with Crippen LogP contribution in [0.3, 0.4) is 0 Å². The Morgan fingerprint density at radius 2 is 2.00 bits per heavy atom. The van der Waals surface area contributed by atoms with Crippen molar-refractivity contribution in [1.82, 2.24) is 0 Å². The highest BCUT2D eigenvalue weighted by Crippen LogP contribution is 2.07. The summed E-state index contributed by atoms with van der Waals surface area (Å²) in [6, 6.07) is 0. The van der Waals surface area contributed by atoms with Crippen LogP contribution in [0.15, 0.2) is 22.8 Å². The van der Waals surface area contributed by atoms with Gasteiger partial charge in [-0.25, -0.2) is 0 Å². The van der Waals surface area contributed by atoms with Crippen molar-refractivity contribution in [2.45, 2.75) is 13.8 Å². The predicted octanol–water partition coefficient (Wildman–Crippen LogP) is 2.00. The number of thiol groups is 1. The fraction of sp³-hybridized carbons (Fsp3) is 0.333. The Morgan fingerprint density at radius 1 is 1.50 bits per heavy atom. The van der Waals surface area contributed by atoms with Gasteiger partial charge in [0.2, 0.25) is 6.20 Å². The zero-order valence-electron chi connectivity index (χ0n) is 5.87. The fourth-order valence-electron chi connectivity index (χ4n) is 0.362. The van der Waals surface area contributed by atoms with Crippen LogP contribution in [0.2, 0.25) is 0 Å². The van der Waals surface area contributed by atoms with Crippen molar-refractivity contribution in [3.8, 4) is 0 Å². The molecule has 0 amide bonds. The molecule has 0 N–H and O–H groups in total. The number of nitro groups is 1. The first kappa shape index (κ1) is 9.23. The molecule has 0 aliphatic rings. The maximum Gasteiger partial charge on any atom is 0.237 e. The number of nitrogens with zero attached hydrogens (tertiary/aromatic N) is 1. The van der Waals surface area contributed by atoms with Gasteiger partial charge >= 0.3 is 0 Å². The lowest BCUT2D eigenvalue weighted by Crippen LogP contribution is -1.87. The van der Waals surface area contributed by atoms with Crippen LogP contribution in [0.5, 0.6) is 0 Å². The molecule has 0 heterocycles. The lowest BCUT2D eigenvalue weighted by molar-refractivity contribution is -0.403. The van der Waals surface area contributed by atoms with Gasteiger partial charge in [-0.05, 0) is 24.8 Å². The van der Waals surface area contributed by atoms with E-state index in [1.807, 2.05) is 0 Å². The minimum absolute atomic E-state index is 0.476. The second-order valence-corrected chi connectivity index (χ2v) is 2.17. The molecule has 0 saturated heterocycles. The molecule has 0 aromatic heterocycles. The lowest BCUT2D eigenvalue weighted by atomic mass is 10.2. The molecule has 0 aliphatic heterocycles. The van der Waals surface area contributed by atoms with Crippen molar-refractivity contribution >= 4 is 12.6 Å². The van der Waals surface area contributed by atoms with Gasteiger partial charge in [0, 0.05) is 5.57 Å². The summed E-state index contributed by atoms with van der Waals surface area (Å²) < 4.78 is 0. The average Bonchev–Trinajstić information content (AvgIpc) is 1.85. The molecule has 0 saturated carbocycles. The third kappa shape index (κ3) is 3.29. The minimum Gasteiger partial charge on any atom is -0.259 e. The smallest absolute Gasteiger partial charge is 0.237 e. The first-order valence-electron chi connectivity index (χ1n) is 2.71. The zero-order valence-corrected chi connectivity index (χ0v) is 6.76. The number of hydrogen-bond donors (Lipinski definition) is 1. The molecule has 0 fully saturated rings. The summed E-state index contributed by atoms with van der Waals surface area (Å²) in [6.07, 6.45) is 0.960. The number of allylic oxidation sites excluding steroid dienone is 2. The Labute approximate surface area is 65.0 Å². The van der Waals surface area contributed by atoms with E-state index in [-0.39, 0.29) is 0 Å². The highest BCUT2D eigenvalue weighted by atomic mass is 32.1. The van der Waals surface area contributed by atoms with Crippen molar-refractivity contribution in [2.75, 3.05) is 0 Å². The highest BCUT2D eigenvalue weighted by molar-refractivity contribution is 7.83. The van der Waals surface area contributed by atoms with Crippen molar-refractivity contribution in [1.29, 1.82) is 0 Å². The summed E-state index contributed by atoms with van der Waals surface area (Å²) in [5, 5.41) is 11.4. The predicted molar refractivity (Wildman–Crippen MR) is 43.5 cm³/mol. The second-order valence-electron chi connectivity index (χ2n) is 1.91. The van der Waals surface area contributed by atoms with Gasteiger partial charge < -0.3 is 0 Å². The van der Waals surface area contributed by atoms with Crippen LogP contribution in [0, 0.1) is 10.1 Å². The summed E-state index contributed by atoms with van der Waals surface area (Å²) in [7, 11) is 0. The van der Waals surface area contributed by atoms with Crippen LogP contribution in [0.1, 0.15) is 13.8 Å². The van der Waals surface area contributed by atoms with Crippen LogP contribution in [-0.4, -0.2) is 4.92 Å². The van der Waals surface area contributed by atoms with Gasteiger partial charge in [0.15, 0.2) is 0 Å². The number of hydrogen-bond acceptors (Lipinski definition) is 3. The Bertz CT molecular complexity index is 196. The topological polar surface area (TPSA) is 43.1 Å². The highest BCUT2D eigenvalue weighted by Gasteiger charge is 1.96. The van der Waals surface area contributed by atoms with E-state index in [1.165, 1.54) is 5.41 Å². The van der Waals surface area contributed by atoms with Crippen molar-refractivity contribution in [3.05, 3.63) is 32.9 Å². The van der Waals surface area contributed by atoms with Crippen LogP contribution >= 0.6 is 12.6 Å². The van der Waals surface area contributed by atoms with Gasteiger partial charge in [0.25, 0.3) is 0 Å². The summed E-state index contributed by atoms with van der Waals surface area (Å²) in [4.78, 5) is 9.43. The van der Waals surface area contributed by atoms with Gasteiger partial charge in [-0.3, -0.25) is 10.1 Å².